The lowest BCUT2D eigenvalue weighted by Crippen LogP contribution is -2.43. The standard InChI is InChI=1S/C22H19BrN2O2S/c1-13-9-10-17(16(23)12-13)24-21(26)19-14-6-3-4-7-15(14)22(27)25(2)20(19)18-8-5-11-28-18/h3-12,19-20H,1-2H3,(H,24,26). The molecule has 0 fully saturated rings. The Morgan fingerprint density at radius 3 is 2.64 bits per heavy atom. The zero-order valence-corrected chi connectivity index (χ0v) is 17.9. The van der Waals surface area contributed by atoms with Crippen LogP contribution in [-0.4, -0.2) is 23.8 Å². The number of thiophene rings is 1. The number of aryl methyl sites for hydroxylation is 1. The van der Waals surface area contributed by atoms with E-state index in [2.05, 4.69) is 21.2 Å². The largest absolute Gasteiger partial charge is 0.333 e. The molecule has 1 N–H and O–H groups in total. The topological polar surface area (TPSA) is 49.4 Å². The van der Waals surface area contributed by atoms with Gasteiger partial charge in [0.25, 0.3) is 5.91 Å². The predicted molar refractivity (Wildman–Crippen MR) is 116 cm³/mol. The van der Waals surface area contributed by atoms with Crippen molar-refractivity contribution in [2.45, 2.75) is 18.9 Å². The van der Waals surface area contributed by atoms with Gasteiger partial charge in [0.1, 0.15) is 0 Å². The van der Waals surface area contributed by atoms with Gasteiger partial charge in [-0.3, -0.25) is 9.59 Å². The third kappa shape index (κ3) is 3.27. The van der Waals surface area contributed by atoms with E-state index in [4.69, 9.17) is 0 Å². The summed E-state index contributed by atoms with van der Waals surface area (Å²) in [5.74, 6) is -0.685. The second-order valence-electron chi connectivity index (χ2n) is 6.91. The first-order chi connectivity index (χ1) is 13.5. The fraction of sp³-hybridized carbons (Fsp3) is 0.182. The molecule has 0 saturated carbocycles. The van der Waals surface area contributed by atoms with Gasteiger partial charge in [-0.15, -0.1) is 11.3 Å². The predicted octanol–water partition coefficient (Wildman–Crippen LogP) is 5.37. The summed E-state index contributed by atoms with van der Waals surface area (Å²) in [6.45, 7) is 2.00. The van der Waals surface area contributed by atoms with Crippen LogP contribution in [0.5, 0.6) is 0 Å². The molecule has 1 aromatic heterocycles. The van der Waals surface area contributed by atoms with E-state index in [-0.39, 0.29) is 17.9 Å². The number of rotatable bonds is 3. The molecule has 2 aromatic carbocycles. The molecular formula is C22H19BrN2O2S. The number of amides is 2. The summed E-state index contributed by atoms with van der Waals surface area (Å²) in [5, 5.41) is 5.03. The van der Waals surface area contributed by atoms with Crippen molar-refractivity contribution in [3.8, 4) is 0 Å². The minimum absolute atomic E-state index is 0.0606. The summed E-state index contributed by atoms with van der Waals surface area (Å²) in [5.41, 5.74) is 3.18. The zero-order chi connectivity index (χ0) is 19.8. The minimum Gasteiger partial charge on any atom is -0.333 e. The van der Waals surface area contributed by atoms with Gasteiger partial charge in [-0.25, -0.2) is 0 Å². The minimum atomic E-state index is -0.495. The van der Waals surface area contributed by atoms with E-state index < -0.39 is 5.92 Å². The monoisotopic (exact) mass is 454 g/mol. The van der Waals surface area contributed by atoms with Crippen LogP contribution in [0.25, 0.3) is 0 Å². The molecule has 0 spiro atoms. The lowest BCUT2D eigenvalue weighted by molar-refractivity contribution is -0.119. The highest BCUT2D eigenvalue weighted by Crippen LogP contribution is 2.44. The summed E-state index contributed by atoms with van der Waals surface area (Å²) in [4.78, 5) is 29.1. The Kier molecular flexibility index (Phi) is 5.08. The number of anilines is 1. The summed E-state index contributed by atoms with van der Waals surface area (Å²) in [6.07, 6.45) is 0. The molecule has 4 rings (SSSR count). The smallest absolute Gasteiger partial charge is 0.254 e. The first-order valence-electron chi connectivity index (χ1n) is 8.94. The number of halogens is 1. The molecule has 2 heterocycles. The van der Waals surface area contributed by atoms with Gasteiger partial charge in [-0.05, 0) is 63.6 Å². The molecule has 0 radical (unpaired) electrons. The fourth-order valence-electron chi connectivity index (χ4n) is 3.70. The van der Waals surface area contributed by atoms with E-state index in [9.17, 15) is 9.59 Å². The Balaban J connectivity index is 1.79. The summed E-state index contributed by atoms with van der Waals surface area (Å²) in [7, 11) is 1.77. The number of hydrogen-bond donors (Lipinski definition) is 1. The van der Waals surface area contributed by atoms with Crippen molar-refractivity contribution in [1.82, 2.24) is 4.90 Å². The Morgan fingerprint density at radius 2 is 1.93 bits per heavy atom. The quantitative estimate of drug-likeness (QED) is 0.578. The average molecular weight is 455 g/mol. The van der Waals surface area contributed by atoms with Crippen LogP contribution in [0.4, 0.5) is 5.69 Å². The number of carbonyl (C=O) groups is 2. The van der Waals surface area contributed by atoms with Crippen molar-refractivity contribution >= 4 is 44.8 Å². The Labute approximate surface area is 176 Å². The third-order valence-electron chi connectivity index (χ3n) is 5.08. The third-order valence-corrected chi connectivity index (χ3v) is 6.68. The molecule has 4 nitrogen and oxygen atoms in total. The molecule has 3 aromatic rings. The van der Waals surface area contributed by atoms with Gasteiger partial charge in [0.2, 0.25) is 5.91 Å². The van der Waals surface area contributed by atoms with Gasteiger partial charge in [0, 0.05) is 22.0 Å². The van der Waals surface area contributed by atoms with Crippen LogP contribution < -0.4 is 5.32 Å². The lowest BCUT2D eigenvalue weighted by Gasteiger charge is -2.39. The van der Waals surface area contributed by atoms with Crippen molar-refractivity contribution in [3.63, 3.8) is 0 Å². The molecule has 0 saturated heterocycles. The number of fused-ring (bicyclic) bond motifs is 1. The maximum absolute atomic E-state index is 13.5. The van der Waals surface area contributed by atoms with Crippen molar-refractivity contribution < 1.29 is 9.59 Å². The summed E-state index contributed by atoms with van der Waals surface area (Å²) < 4.78 is 0.835. The summed E-state index contributed by atoms with van der Waals surface area (Å²) in [6, 6.07) is 16.8. The molecule has 0 bridgehead atoms. The molecule has 142 valence electrons. The Hall–Kier alpha value is -2.44. The van der Waals surface area contributed by atoms with Gasteiger partial charge in [0.15, 0.2) is 0 Å². The highest BCUT2D eigenvalue weighted by molar-refractivity contribution is 9.10. The van der Waals surface area contributed by atoms with Crippen LogP contribution in [0, 0.1) is 6.92 Å². The molecule has 28 heavy (non-hydrogen) atoms. The van der Waals surface area contributed by atoms with Crippen LogP contribution in [0.1, 0.15) is 38.3 Å². The van der Waals surface area contributed by atoms with Crippen molar-refractivity contribution in [2.75, 3.05) is 12.4 Å². The molecule has 2 amide bonds. The van der Waals surface area contributed by atoms with E-state index in [0.29, 0.717) is 5.56 Å². The van der Waals surface area contributed by atoms with Crippen LogP contribution in [0.3, 0.4) is 0 Å². The molecule has 1 aliphatic heterocycles. The van der Waals surface area contributed by atoms with Crippen LogP contribution in [0.15, 0.2) is 64.5 Å². The van der Waals surface area contributed by atoms with Crippen LogP contribution in [0.2, 0.25) is 0 Å². The van der Waals surface area contributed by atoms with E-state index in [0.717, 1.165) is 26.2 Å². The maximum Gasteiger partial charge on any atom is 0.254 e. The average Bonchev–Trinajstić information content (AvgIpc) is 3.21. The van der Waals surface area contributed by atoms with Gasteiger partial charge in [0.05, 0.1) is 17.6 Å². The number of likely N-dealkylation sites (N-methyl/N-ethyl adjacent to an activating group) is 1. The summed E-state index contributed by atoms with van der Waals surface area (Å²) >= 11 is 5.09. The normalized spacial score (nSPS) is 18.7. The zero-order valence-electron chi connectivity index (χ0n) is 15.5. The Bertz CT molecular complexity index is 1050. The van der Waals surface area contributed by atoms with Gasteiger partial charge < -0.3 is 10.2 Å². The lowest BCUT2D eigenvalue weighted by atomic mass is 9.81. The number of nitrogens with one attached hydrogen (secondary N) is 1. The van der Waals surface area contributed by atoms with E-state index >= 15 is 0 Å². The van der Waals surface area contributed by atoms with E-state index in [1.165, 1.54) is 0 Å². The molecular weight excluding hydrogens is 436 g/mol. The fourth-order valence-corrected chi connectivity index (χ4v) is 5.20. The molecule has 6 heteroatoms. The van der Waals surface area contributed by atoms with E-state index in [1.54, 1.807) is 29.4 Å². The van der Waals surface area contributed by atoms with Crippen molar-refractivity contribution in [3.05, 3.63) is 86.0 Å². The number of nitrogens with zero attached hydrogens (tertiary/aromatic N) is 1. The number of benzene rings is 2. The number of hydrogen-bond acceptors (Lipinski definition) is 3. The molecule has 2 atom stereocenters. The van der Waals surface area contributed by atoms with Gasteiger partial charge in [-0.2, -0.15) is 0 Å². The highest BCUT2D eigenvalue weighted by Gasteiger charge is 2.43. The Morgan fingerprint density at radius 1 is 1.14 bits per heavy atom. The maximum atomic E-state index is 13.5. The first-order valence-corrected chi connectivity index (χ1v) is 10.6. The van der Waals surface area contributed by atoms with Gasteiger partial charge >= 0.3 is 0 Å². The van der Waals surface area contributed by atoms with Gasteiger partial charge in [-0.1, -0.05) is 30.3 Å². The molecule has 1 aliphatic rings. The SMILES string of the molecule is Cc1ccc(NC(=O)C2c3ccccc3C(=O)N(C)C2c2cccs2)c(Br)c1. The van der Waals surface area contributed by atoms with Crippen molar-refractivity contribution in [1.29, 1.82) is 0 Å². The van der Waals surface area contributed by atoms with Crippen LogP contribution in [-0.2, 0) is 4.79 Å². The second-order valence-corrected chi connectivity index (χ2v) is 8.75. The van der Waals surface area contributed by atoms with Crippen LogP contribution >= 0.6 is 27.3 Å². The second kappa shape index (κ2) is 7.53. The molecule has 0 aliphatic carbocycles. The highest BCUT2D eigenvalue weighted by atomic mass is 79.9. The first kappa shape index (κ1) is 18.9. The van der Waals surface area contributed by atoms with E-state index in [1.807, 2.05) is 60.8 Å². The number of carbonyl (C=O) groups excluding carboxylic acids is 2. The molecule has 2 unspecified atom stereocenters. The van der Waals surface area contributed by atoms with Crippen molar-refractivity contribution in [2.24, 2.45) is 0 Å².